The highest BCUT2D eigenvalue weighted by Gasteiger charge is 2.14. The summed E-state index contributed by atoms with van der Waals surface area (Å²) in [7, 11) is 0. The number of benzene rings is 3. The first-order chi connectivity index (χ1) is 12.3. The molecule has 0 amide bonds. The summed E-state index contributed by atoms with van der Waals surface area (Å²) in [5.74, 6) is 0.635. The lowest BCUT2D eigenvalue weighted by atomic mass is 10.0. The second-order valence-electron chi connectivity index (χ2n) is 5.93. The standard InChI is InChI=1S/C22H17N3/c1-16-12-14-18(15-13-16)21-20(17-8-4-2-5-9-17)23-22(25-24-21)19-10-6-3-7-11-19/h2-15H,1H3. The van der Waals surface area contributed by atoms with Gasteiger partial charge in [-0.1, -0.05) is 90.5 Å². The number of nitrogens with zero attached hydrogens (tertiary/aromatic N) is 3. The molecular weight excluding hydrogens is 306 g/mol. The van der Waals surface area contributed by atoms with Crippen LogP contribution >= 0.6 is 0 Å². The molecule has 1 heterocycles. The Balaban J connectivity index is 1.91. The van der Waals surface area contributed by atoms with E-state index in [0.717, 1.165) is 28.1 Å². The highest BCUT2D eigenvalue weighted by molar-refractivity contribution is 5.78. The molecule has 0 fully saturated rings. The number of rotatable bonds is 3. The van der Waals surface area contributed by atoms with Crippen molar-refractivity contribution in [2.24, 2.45) is 0 Å². The number of aryl methyl sites for hydroxylation is 1. The van der Waals surface area contributed by atoms with E-state index in [2.05, 4.69) is 53.5 Å². The van der Waals surface area contributed by atoms with Crippen LogP contribution in [0.3, 0.4) is 0 Å². The van der Waals surface area contributed by atoms with Gasteiger partial charge in [0.15, 0.2) is 5.82 Å². The molecule has 0 saturated heterocycles. The molecule has 4 rings (SSSR count). The molecule has 0 unspecified atom stereocenters. The topological polar surface area (TPSA) is 38.7 Å². The van der Waals surface area contributed by atoms with Gasteiger partial charge >= 0.3 is 0 Å². The van der Waals surface area contributed by atoms with Crippen LogP contribution in [-0.2, 0) is 0 Å². The van der Waals surface area contributed by atoms with Gasteiger partial charge in [0.05, 0.1) is 0 Å². The Labute approximate surface area is 147 Å². The second kappa shape index (κ2) is 6.65. The molecule has 0 aliphatic heterocycles. The number of hydrogen-bond donors (Lipinski definition) is 0. The molecular formula is C22H17N3. The van der Waals surface area contributed by atoms with Crippen LogP contribution in [-0.4, -0.2) is 15.2 Å². The summed E-state index contributed by atoms with van der Waals surface area (Å²) in [5, 5.41) is 8.89. The average Bonchev–Trinajstić information content (AvgIpc) is 2.70. The molecule has 4 aromatic rings. The SMILES string of the molecule is Cc1ccc(-c2nnc(-c3ccccc3)nc2-c2ccccc2)cc1. The third kappa shape index (κ3) is 3.17. The summed E-state index contributed by atoms with van der Waals surface area (Å²) < 4.78 is 0. The predicted octanol–water partition coefficient (Wildman–Crippen LogP) is 5.18. The van der Waals surface area contributed by atoms with Crippen molar-refractivity contribution in [3.05, 3.63) is 90.5 Å². The van der Waals surface area contributed by atoms with Crippen molar-refractivity contribution in [1.29, 1.82) is 0 Å². The summed E-state index contributed by atoms with van der Waals surface area (Å²) in [6.07, 6.45) is 0. The van der Waals surface area contributed by atoms with Crippen molar-refractivity contribution in [3.8, 4) is 33.9 Å². The summed E-state index contributed by atoms with van der Waals surface area (Å²) in [4.78, 5) is 4.84. The van der Waals surface area contributed by atoms with E-state index < -0.39 is 0 Å². The fraction of sp³-hybridized carbons (Fsp3) is 0.0455. The minimum absolute atomic E-state index is 0.635. The van der Waals surface area contributed by atoms with Crippen LogP contribution in [0.15, 0.2) is 84.9 Å². The van der Waals surface area contributed by atoms with Crippen LogP contribution < -0.4 is 0 Å². The van der Waals surface area contributed by atoms with Crippen molar-refractivity contribution in [2.75, 3.05) is 0 Å². The van der Waals surface area contributed by atoms with Gasteiger partial charge in [0.1, 0.15) is 11.4 Å². The van der Waals surface area contributed by atoms with E-state index >= 15 is 0 Å². The average molecular weight is 323 g/mol. The van der Waals surface area contributed by atoms with Crippen molar-refractivity contribution < 1.29 is 0 Å². The molecule has 120 valence electrons. The van der Waals surface area contributed by atoms with Gasteiger partial charge in [0.2, 0.25) is 0 Å². The number of hydrogen-bond acceptors (Lipinski definition) is 3. The Morgan fingerprint density at radius 2 is 1.08 bits per heavy atom. The van der Waals surface area contributed by atoms with Gasteiger partial charge in [0, 0.05) is 16.7 Å². The van der Waals surface area contributed by atoms with Gasteiger partial charge in [-0.05, 0) is 6.92 Å². The number of aromatic nitrogens is 3. The minimum Gasteiger partial charge on any atom is -0.224 e. The van der Waals surface area contributed by atoms with Crippen LogP contribution in [0.5, 0.6) is 0 Å². The fourth-order valence-corrected chi connectivity index (χ4v) is 2.74. The first kappa shape index (κ1) is 15.2. The van der Waals surface area contributed by atoms with Gasteiger partial charge in [-0.15, -0.1) is 10.2 Å². The first-order valence-electron chi connectivity index (χ1n) is 8.24. The smallest absolute Gasteiger partial charge is 0.182 e. The van der Waals surface area contributed by atoms with Gasteiger partial charge in [-0.3, -0.25) is 0 Å². The Bertz CT molecular complexity index is 979. The van der Waals surface area contributed by atoms with Crippen LogP contribution in [0.4, 0.5) is 0 Å². The zero-order chi connectivity index (χ0) is 17.1. The molecule has 0 spiro atoms. The summed E-state index contributed by atoms with van der Waals surface area (Å²) >= 11 is 0. The van der Waals surface area contributed by atoms with E-state index in [0.29, 0.717) is 5.82 Å². The minimum atomic E-state index is 0.635. The molecule has 0 aliphatic rings. The maximum absolute atomic E-state index is 4.84. The zero-order valence-electron chi connectivity index (χ0n) is 13.9. The van der Waals surface area contributed by atoms with Gasteiger partial charge in [-0.2, -0.15) is 0 Å². The zero-order valence-corrected chi connectivity index (χ0v) is 13.9. The van der Waals surface area contributed by atoms with Crippen molar-refractivity contribution >= 4 is 0 Å². The van der Waals surface area contributed by atoms with E-state index in [1.807, 2.05) is 48.5 Å². The second-order valence-corrected chi connectivity index (χ2v) is 5.93. The highest BCUT2D eigenvalue weighted by Crippen LogP contribution is 2.30. The molecule has 0 bridgehead atoms. The third-order valence-corrected chi connectivity index (χ3v) is 4.09. The molecule has 0 saturated carbocycles. The lowest BCUT2D eigenvalue weighted by Crippen LogP contribution is -2.00. The molecule has 0 radical (unpaired) electrons. The molecule has 3 heteroatoms. The van der Waals surface area contributed by atoms with E-state index in [1.165, 1.54) is 5.56 Å². The molecule has 1 aromatic heterocycles. The van der Waals surface area contributed by atoms with Crippen LogP contribution in [0, 0.1) is 6.92 Å². The lowest BCUT2D eigenvalue weighted by molar-refractivity contribution is 0.991. The normalized spacial score (nSPS) is 10.6. The van der Waals surface area contributed by atoms with Crippen molar-refractivity contribution in [1.82, 2.24) is 15.2 Å². The molecule has 25 heavy (non-hydrogen) atoms. The Hall–Kier alpha value is -3.33. The van der Waals surface area contributed by atoms with E-state index in [1.54, 1.807) is 0 Å². The molecule has 3 aromatic carbocycles. The summed E-state index contributed by atoms with van der Waals surface area (Å²) in [6, 6.07) is 28.4. The quantitative estimate of drug-likeness (QED) is 0.521. The molecule has 0 N–H and O–H groups in total. The van der Waals surface area contributed by atoms with Crippen molar-refractivity contribution in [3.63, 3.8) is 0 Å². The molecule has 0 aliphatic carbocycles. The third-order valence-electron chi connectivity index (χ3n) is 4.09. The van der Waals surface area contributed by atoms with E-state index in [9.17, 15) is 0 Å². The highest BCUT2D eigenvalue weighted by atomic mass is 15.2. The maximum atomic E-state index is 4.84. The molecule has 3 nitrogen and oxygen atoms in total. The summed E-state index contributed by atoms with van der Waals surface area (Å²) in [5.41, 5.74) is 5.87. The first-order valence-corrected chi connectivity index (χ1v) is 8.24. The van der Waals surface area contributed by atoms with E-state index in [4.69, 9.17) is 4.98 Å². The van der Waals surface area contributed by atoms with E-state index in [-0.39, 0.29) is 0 Å². The van der Waals surface area contributed by atoms with Crippen LogP contribution in [0.25, 0.3) is 33.9 Å². The predicted molar refractivity (Wildman–Crippen MR) is 101 cm³/mol. The van der Waals surface area contributed by atoms with Gasteiger partial charge < -0.3 is 0 Å². The van der Waals surface area contributed by atoms with Crippen molar-refractivity contribution in [2.45, 2.75) is 6.92 Å². The van der Waals surface area contributed by atoms with Gasteiger partial charge in [-0.25, -0.2) is 4.98 Å². The Morgan fingerprint density at radius 3 is 1.72 bits per heavy atom. The van der Waals surface area contributed by atoms with Crippen LogP contribution in [0.1, 0.15) is 5.56 Å². The largest absolute Gasteiger partial charge is 0.224 e. The maximum Gasteiger partial charge on any atom is 0.182 e. The monoisotopic (exact) mass is 323 g/mol. The Morgan fingerprint density at radius 1 is 0.520 bits per heavy atom. The van der Waals surface area contributed by atoms with Gasteiger partial charge in [0.25, 0.3) is 0 Å². The molecule has 0 atom stereocenters. The fourth-order valence-electron chi connectivity index (χ4n) is 2.74. The van der Waals surface area contributed by atoms with Crippen LogP contribution in [0.2, 0.25) is 0 Å². The summed E-state index contributed by atoms with van der Waals surface area (Å²) in [6.45, 7) is 2.07. The lowest BCUT2D eigenvalue weighted by Gasteiger charge is -2.10. The Kier molecular flexibility index (Phi) is 4.05.